The molecule has 0 amide bonds. The molecule has 0 aliphatic rings. The summed E-state index contributed by atoms with van der Waals surface area (Å²) in [5, 5.41) is 1.36. The second kappa shape index (κ2) is 4.54. The number of thiophene rings is 1. The predicted octanol–water partition coefficient (Wildman–Crippen LogP) is 4.93. The van der Waals surface area contributed by atoms with E-state index in [2.05, 4.69) is 44.8 Å². The molecule has 2 heterocycles. The molecule has 0 saturated carbocycles. The van der Waals surface area contributed by atoms with Gasteiger partial charge in [-0.15, -0.1) is 11.3 Å². The Kier molecular flexibility index (Phi) is 3.29. The van der Waals surface area contributed by atoms with Gasteiger partial charge in [0.1, 0.15) is 4.83 Å². The first-order valence-electron chi connectivity index (χ1n) is 6.01. The summed E-state index contributed by atoms with van der Waals surface area (Å²) in [6.45, 7) is 9.02. The van der Waals surface area contributed by atoms with Crippen LogP contribution < -0.4 is 0 Å². The minimum absolute atomic E-state index is 0.574. The van der Waals surface area contributed by atoms with Crippen LogP contribution in [0, 0.1) is 0 Å². The third-order valence-electron chi connectivity index (χ3n) is 3.21. The molecule has 1 unspecified atom stereocenters. The van der Waals surface area contributed by atoms with Crippen molar-refractivity contribution >= 4 is 21.6 Å². The summed E-state index contributed by atoms with van der Waals surface area (Å²) in [6.07, 6.45) is 3.14. The second-order valence-electron chi connectivity index (χ2n) is 4.73. The third kappa shape index (κ3) is 1.99. The lowest BCUT2D eigenvalue weighted by Gasteiger charge is -2.05. The highest BCUT2D eigenvalue weighted by atomic mass is 32.1. The van der Waals surface area contributed by atoms with Crippen LogP contribution in [0.3, 0.4) is 0 Å². The Labute approximate surface area is 102 Å². The van der Waals surface area contributed by atoms with Crippen LogP contribution in [0.5, 0.6) is 0 Å². The second-order valence-corrected chi connectivity index (χ2v) is 5.79. The van der Waals surface area contributed by atoms with Crippen molar-refractivity contribution in [3.8, 4) is 0 Å². The highest BCUT2D eigenvalue weighted by molar-refractivity contribution is 7.18. The first-order valence-corrected chi connectivity index (χ1v) is 6.83. The maximum Gasteiger partial charge on any atom is 0.123 e. The zero-order valence-electron chi connectivity index (χ0n) is 10.4. The van der Waals surface area contributed by atoms with E-state index in [0.717, 1.165) is 0 Å². The van der Waals surface area contributed by atoms with Gasteiger partial charge in [-0.2, -0.15) is 0 Å². The lowest BCUT2D eigenvalue weighted by molar-refractivity contribution is 0.748. The van der Waals surface area contributed by atoms with Crippen LogP contribution in [0.4, 0.5) is 0 Å². The molecule has 2 rings (SSSR count). The van der Waals surface area contributed by atoms with Crippen molar-refractivity contribution in [1.82, 2.24) is 4.98 Å². The summed E-state index contributed by atoms with van der Waals surface area (Å²) in [5.41, 5.74) is 1.43. The van der Waals surface area contributed by atoms with Crippen molar-refractivity contribution in [2.24, 2.45) is 0 Å². The summed E-state index contributed by atoms with van der Waals surface area (Å²) in [4.78, 5) is 7.15. The van der Waals surface area contributed by atoms with Gasteiger partial charge >= 0.3 is 0 Å². The molecule has 0 spiro atoms. The average molecular weight is 233 g/mol. The van der Waals surface area contributed by atoms with E-state index in [1.807, 2.05) is 17.5 Å². The summed E-state index contributed by atoms with van der Waals surface area (Å²) in [7, 11) is 0. The fourth-order valence-corrected chi connectivity index (χ4v) is 3.09. The SMILES string of the molecule is CCC(C)c1cc2c(C(C)C)ccnc2s1. The van der Waals surface area contributed by atoms with Crippen molar-refractivity contribution in [2.45, 2.75) is 46.0 Å². The minimum Gasteiger partial charge on any atom is -0.245 e. The number of hydrogen-bond donors (Lipinski definition) is 0. The van der Waals surface area contributed by atoms with Gasteiger partial charge in [-0.1, -0.05) is 27.7 Å². The Morgan fingerprint density at radius 1 is 1.31 bits per heavy atom. The molecule has 0 aliphatic carbocycles. The lowest BCUT2D eigenvalue weighted by atomic mass is 10.00. The Morgan fingerprint density at radius 2 is 2.06 bits per heavy atom. The van der Waals surface area contributed by atoms with Crippen LogP contribution in [0.15, 0.2) is 18.3 Å². The molecule has 0 N–H and O–H groups in total. The molecule has 2 aromatic heterocycles. The molecule has 0 radical (unpaired) electrons. The highest BCUT2D eigenvalue weighted by Gasteiger charge is 2.12. The van der Waals surface area contributed by atoms with Crippen LogP contribution in [0.2, 0.25) is 0 Å². The topological polar surface area (TPSA) is 12.9 Å². The zero-order chi connectivity index (χ0) is 11.7. The fourth-order valence-electron chi connectivity index (χ4n) is 1.93. The van der Waals surface area contributed by atoms with E-state index >= 15 is 0 Å². The van der Waals surface area contributed by atoms with Crippen LogP contribution in [-0.2, 0) is 0 Å². The molecule has 1 atom stereocenters. The van der Waals surface area contributed by atoms with E-state index in [-0.39, 0.29) is 0 Å². The van der Waals surface area contributed by atoms with Crippen LogP contribution in [0.1, 0.15) is 56.4 Å². The molecule has 16 heavy (non-hydrogen) atoms. The number of rotatable bonds is 3. The van der Waals surface area contributed by atoms with Gasteiger partial charge < -0.3 is 0 Å². The van der Waals surface area contributed by atoms with Crippen LogP contribution >= 0.6 is 11.3 Å². The highest BCUT2D eigenvalue weighted by Crippen LogP contribution is 2.34. The Bertz CT molecular complexity index is 484. The normalized spacial score (nSPS) is 13.6. The first-order chi connectivity index (χ1) is 7.63. The number of hydrogen-bond acceptors (Lipinski definition) is 2. The Hall–Kier alpha value is -0.890. The van der Waals surface area contributed by atoms with Crippen molar-refractivity contribution in [1.29, 1.82) is 0 Å². The molecule has 0 bridgehead atoms. The largest absolute Gasteiger partial charge is 0.245 e. The molecule has 2 aromatic rings. The van der Waals surface area contributed by atoms with Gasteiger partial charge in [0.25, 0.3) is 0 Å². The van der Waals surface area contributed by atoms with E-state index in [4.69, 9.17) is 0 Å². The van der Waals surface area contributed by atoms with Gasteiger partial charge in [-0.05, 0) is 36.0 Å². The van der Waals surface area contributed by atoms with Gasteiger partial charge in [0.15, 0.2) is 0 Å². The maximum atomic E-state index is 4.48. The van der Waals surface area contributed by atoms with Gasteiger partial charge in [0.2, 0.25) is 0 Å². The number of pyridine rings is 1. The van der Waals surface area contributed by atoms with E-state index in [1.54, 1.807) is 0 Å². The van der Waals surface area contributed by atoms with Crippen molar-refractivity contribution in [3.05, 3.63) is 28.8 Å². The summed E-state index contributed by atoms with van der Waals surface area (Å²) in [6, 6.07) is 4.50. The molecule has 0 aliphatic heterocycles. The number of aromatic nitrogens is 1. The van der Waals surface area contributed by atoms with Crippen molar-refractivity contribution in [3.63, 3.8) is 0 Å². The van der Waals surface area contributed by atoms with Crippen molar-refractivity contribution in [2.75, 3.05) is 0 Å². The quantitative estimate of drug-likeness (QED) is 0.732. The molecule has 2 heteroatoms. The van der Waals surface area contributed by atoms with Crippen LogP contribution in [-0.4, -0.2) is 4.98 Å². The molecule has 0 fully saturated rings. The average Bonchev–Trinajstić information content (AvgIpc) is 2.70. The minimum atomic E-state index is 0.574. The molecular formula is C14H19NS. The van der Waals surface area contributed by atoms with Crippen LogP contribution in [0.25, 0.3) is 10.2 Å². The predicted molar refractivity (Wildman–Crippen MR) is 72.4 cm³/mol. The lowest BCUT2D eigenvalue weighted by Crippen LogP contribution is -1.88. The standard InChI is InChI=1S/C14H19NS/c1-5-10(4)13-8-12-11(9(2)3)6-7-15-14(12)16-13/h6-10H,5H2,1-4H3. The summed E-state index contributed by atoms with van der Waals surface area (Å²) < 4.78 is 0. The molecule has 1 nitrogen and oxygen atoms in total. The first kappa shape index (κ1) is 11.6. The molecule has 0 aromatic carbocycles. The maximum absolute atomic E-state index is 4.48. The fraction of sp³-hybridized carbons (Fsp3) is 0.500. The Morgan fingerprint density at radius 3 is 2.69 bits per heavy atom. The van der Waals surface area contributed by atoms with Gasteiger partial charge in [0.05, 0.1) is 0 Å². The van der Waals surface area contributed by atoms with Gasteiger partial charge in [0, 0.05) is 16.5 Å². The monoisotopic (exact) mass is 233 g/mol. The molecule has 0 saturated heterocycles. The molecular weight excluding hydrogens is 214 g/mol. The van der Waals surface area contributed by atoms with E-state index in [1.165, 1.54) is 27.1 Å². The van der Waals surface area contributed by atoms with Crippen molar-refractivity contribution < 1.29 is 0 Å². The smallest absolute Gasteiger partial charge is 0.123 e. The zero-order valence-corrected chi connectivity index (χ0v) is 11.3. The molecule has 86 valence electrons. The number of fused-ring (bicyclic) bond motifs is 1. The summed E-state index contributed by atoms with van der Waals surface area (Å²) >= 11 is 1.85. The van der Waals surface area contributed by atoms with Gasteiger partial charge in [-0.25, -0.2) is 4.98 Å². The van der Waals surface area contributed by atoms with Gasteiger partial charge in [-0.3, -0.25) is 0 Å². The van der Waals surface area contributed by atoms with E-state index < -0.39 is 0 Å². The van der Waals surface area contributed by atoms with E-state index in [9.17, 15) is 0 Å². The number of nitrogens with zero attached hydrogens (tertiary/aromatic N) is 1. The Balaban J connectivity index is 2.56. The third-order valence-corrected chi connectivity index (χ3v) is 4.48. The van der Waals surface area contributed by atoms with E-state index in [0.29, 0.717) is 11.8 Å². The summed E-state index contributed by atoms with van der Waals surface area (Å²) in [5.74, 6) is 1.23.